The summed E-state index contributed by atoms with van der Waals surface area (Å²) in [6.45, 7) is 3.05. The molecule has 1 aromatic heterocycles. The van der Waals surface area contributed by atoms with Crippen LogP contribution in [0.3, 0.4) is 0 Å². The molecule has 21 heavy (non-hydrogen) atoms. The number of aromatic nitrogens is 1. The number of aliphatic hydroxyl groups excluding tert-OH is 1. The van der Waals surface area contributed by atoms with Gasteiger partial charge in [-0.05, 0) is 24.6 Å². The molecule has 2 aromatic rings. The van der Waals surface area contributed by atoms with Crippen LogP contribution < -0.4 is 14.8 Å². The fourth-order valence-electron chi connectivity index (χ4n) is 1.90. The van der Waals surface area contributed by atoms with Crippen LogP contribution in [0.5, 0.6) is 11.5 Å². The first kappa shape index (κ1) is 15.8. The molecule has 0 spiro atoms. The first-order valence-electron chi connectivity index (χ1n) is 6.78. The molecule has 0 aliphatic carbocycles. The van der Waals surface area contributed by atoms with E-state index in [0.29, 0.717) is 11.5 Å². The van der Waals surface area contributed by atoms with Crippen molar-refractivity contribution in [1.29, 1.82) is 0 Å². The van der Waals surface area contributed by atoms with E-state index in [2.05, 4.69) is 17.2 Å². The maximum Gasteiger partial charge on any atom is 0.161 e. The van der Waals surface area contributed by atoms with Crippen LogP contribution in [0.4, 0.5) is 0 Å². The van der Waals surface area contributed by atoms with E-state index in [0.717, 1.165) is 17.1 Å². The molecule has 0 saturated carbocycles. The summed E-state index contributed by atoms with van der Waals surface area (Å²) in [5.74, 6) is 1.31. The van der Waals surface area contributed by atoms with Gasteiger partial charge < -0.3 is 19.9 Å². The van der Waals surface area contributed by atoms with Crippen molar-refractivity contribution in [3.8, 4) is 11.5 Å². The van der Waals surface area contributed by atoms with Crippen LogP contribution in [0.1, 0.15) is 23.5 Å². The molecule has 1 unspecified atom stereocenters. The van der Waals surface area contributed by atoms with Gasteiger partial charge in [-0.25, -0.2) is 4.98 Å². The molecule has 0 saturated heterocycles. The lowest BCUT2D eigenvalue weighted by Crippen LogP contribution is -2.17. The minimum Gasteiger partial charge on any atom is -0.493 e. The van der Waals surface area contributed by atoms with Crippen molar-refractivity contribution in [2.45, 2.75) is 19.5 Å². The molecule has 0 bridgehead atoms. The number of nitrogens with zero attached hydrogens (tertiary/aromatic N) is 1. The number of hydrogen-bond donors (Lipinski definition) is 2. The SMILES string of the molecule is COc1cc(CNC(C)c2nccs2)ccc1OCCO. The first-order valence-corrected chi connectivity index (χ1v) is 7.66. The number of nitrogens with one attached hydrogen (secondary N) is 1. The summed E-state index contributed by atoms with van der Waals surface area (Å²) < 4.78 is 10.7. The Bertz CT molecular complexity index is 546. The van der Waals surface area contributed by atoms with Gasteiger partial charge in [-0.3, -0.25) is 0 Å². The Labute approximate surface area is 128 Å². The molecule has 2 N–H and O–H groups in total. The topological polar surface area (TPSA) is 63.6 Å². The molecule has 114 valence electrons. The Morgan fingerprint density at radius 3 is 2.90 bits per heavy atom. The van der Waals surface area contributed by atoms with E-state index in [9.17, 15) is 0 Å². The van der Waals surface area contributed by atoms with Gasteiger partial charge >= 0.3 is 0 Å². The van der Waals surface area contributed by atoms with Crippen LogP contribution in [0.15, 0.2) is 29.8 Å². The summed E-state index contributed by atoms with van der Waals surface area (Å²) in [7, 11) is 1.61. The Morgan fingerprint density at radius 2 is 2.24 bits per heavy atom. The van der Waals surface area contributed by atoms with Gasteiger partial charge in [0.1, 0.15) is 11.6 Å². The zero-order chi connectivity index (χ0) is 15.1. The number of rotatable bonds is 8. The predicted molar refractivity (Wildman–Crippen MR) is 82.9 cm³/mol. The van der Waals surface area contributed by atoms with Crippen molar-refractivity contribution in [2.24, 2.45) is 0 Å². The monoisotopic (exact) mass is 308 g/mol. The third-order valence-electron chi connectivity index (χ3n) is 3.01. The first-order chi connectivity index (χ1) is 10.2. The van der Waals surface area contributed by atoms with E-state index in [1.54, 1.807) is 18.4 Å². The molecule has 0 radical (unpaired) electrons. The van der Waals surface area contributed by atoms with Crippen molar-refractivity contribution in [2.75, 3.05) is 20.3 Å². The molecule has 0 aliphatic rings. The molecule has 1 aromatic carbocycles. The predicted octanol–water partition coefficient (Wildman–Crippen LogP) is 2.37. The van der Waals surface area contributed by atoms with E-state index in [4.69, 9.17) is 14.6 Å². The summed E-state index contributed by atoms with van der Waals surface area (Å²) in [6.07, 6.45) is 1.81. The van der Waals surface area contributed by atoms with E-state index in [-0.39, 0.29) is 19.3 Å². The second-order valence-corrected chi connectivity index (χ2v) is 5.46. The fourth-order valence-corrected chi connectivity index (χ4v) is 2.57. The summed E-state index contributed by atoms with van der Waals surface area (Å²) in [5, 5.41) is 15.3. The van der Waals surface area contributed by atoms with Crippen LogP contribution in [0.2, 0.25) is 0 Å². The van der Waals surface area contributed by atoms with Gasteiger partial charge in [-0.2, -0.15) is 0 Å². The minimum absolute atomic E-state index is 0.0161. The van der Waals surface area contributed by atoms with Crippen molar-refractivity contribution in [3.05, 3.63) is 40.3 Å². The fraction of sp³-hybridized carbons (Fsp3) is 0.400. The van der Waals surface area contributed by atoms with Gasteiger partial charge in [-0.1, -0.05) is 6.07 Å². The number of thiazole rings is 1. The Balaban J connectivity index is 1.97. The molecule has 5 nitrogen and oxygen atoms in total. The molecule has 1 heterocycles. The summed E-state index contributed by atoms with van der Waals surface area (Å²) in [6, 6.07) is 5.99. The second kappa shape index (κ2) is 7.97. The Kier molecular flexibility index (Phi) is 5.98. The summed E-state index contributed by atoms with van der Waals surface area (Å²) >= 11 is 1.64. The standard InChI is InChI=1S/C15H20N2O3S/c1-11(15-16-5-8-21-15)17-10-12-3-4-13(20-7-6-18)14(9-12)19-2/h3-5,8-9,11,17-18H,6-7,10H2,1-2H3. The molecular formula is C15H20N2O3S. The number of hydrogen-bond acceptors (Lipinski definition) is 6. The largest absolute Gasteiger partial charge is 0.493 e. The average Bonchev–Trinajstić information content (AvgIpc) is 3.05. The lowest BCUT2D eigenvalue weighted by atomic mass is 10.2. The van der Waals surface area contributed by atoms with E-state index >= 15 is 0 Å². The highest BCUT2D eigenvalue weighted by Gasteiger charge is 2.09. The lowest BCUT2D eigenvalue weighted by Gasteiger charge is -2.14. The van der Waals surface area contributed by atoms with Gasteiger partial charge in [-0.15, -0.1) is 11.3 Å². The molecule has 0 amide bonds. The zero-order valence-electron chi connectivity index (χ0n) is 12.2. The van der Waals surface area contributed by atoms with Crippen LogP contribution in [-0.2, 0) is 6.54 Å². The van der Waals surface area contributed by atoms with E-state index in [1.165, 1.54) is 0 Å². The third-order valence-corrected chi connectivity index (χ3v) is 3.97. The minimum atomic E-state index is -0.0161. The highest BCUT2D eigenvalue weighted by Crippen LogP contribution is 2.28. The van der Waals surface area contributed by atoms with Gasteiger partial charge in [0, 0.05) is 18.1 Å². The van der Waals surface area contributed by atoms with Gasteiger partial charge in [0.15, 0.2) is 11.5 Å². The highest BCUT2D eigenvalue weighted by atomic mass is 32.1. The molecule has 1 atom stereocenters. The summed E-state index contributed by atoms with van der Waals surface area (Å²) in [5.41, 5.74) is 1.10. The van der Waals surface area contributed by atoms with Crippen molar-refractivity contribution < 1.29 is 14.6 Å². The smallest absolute Gasteiger partial charge is 0.161 e. The van der Waals surface area contributed by atoms with E-state index in [1.807, 2.05) is 29.8 Å². The average molecular weight is 308 g/mol. The normalized spacial score (nSPS) is 12.1. The number of ether oxygens (including phenoxy) is 2. The molecular weight excluding hydrogens is 288 g/mol. The maximum atomic E-state index is 8.80. The van der Waals surface area contributed by atoms with Crippen LogP contribution in [-0.4, -0.2) is 30.4 Å². The van der Waals surface area contributed by atoms with Crippen molar-refractivity contribution in [1.82, 2.24) is 10.3 Å². The van der Waals surface area contributed by atoms with Crippen LogP contribution in [0, 0.1) is 0 Å². The quantitative estimate of drug-likeness (QED) is 0.784. The number of aliphatic hydroxyl groups is 1. The Hall–Kier alpha value is -1.63. The molecule has 0 aliphatic heterocycles. The number of methoxy groups -OCH3 is 1. The van der Waals surface area contributed by atoms with Gasteiger partial charge in [0.2, 0.25) is 0 Å². The Morgan fingerprint density at radius 1 is 1.38 bits per heavy atom. The van der Waals surface area contributed by atoms with E-state index < -0.39 is 0 Å². The molecule has 2 rings (SSSR count). The lowest BCUT2D eigenvalue weighted by molar-refractivity contribution is 0.196. The molecule has 6 heteroatoms. The van der Waals surface area contributed by atoms with Crippen LogP contribution >= 0.6 is 11.3 Å². The second-order valence-electron chi connectivity index (χ2n) is 4.53. The summed E-state index contributed by atoms with van der Waals surface area (Å²) in [4.78, 5) is 4.30. The zero-order valence-corrected chi connectivity index (χ0v) is 13.0. The molecule has 0 fully saturated rings. The highest BCUT2D eigenvalue weighted by molar-refractivity contribution is 7.09. The third kappa shape index (κ3) is 4.42. The maximum absolute atomic E-state index is 8.80. The van der Waals surface area contributed by atoms with Crippen LogP contribution in [0.25, 0.3) is 0 Å². The van der Waals surface area contributed by atoms with Gasteiger partial charge in [0.25, 0.3) is 0 Å². The van der Waals surface area contributed by atoms with Crippen molar-refractivity contribution >= 4 is 11.3 Å². The van der Waals surface area contributed by atoms with Crippen molar-refractivity contribution in [3.63, 3.8) is 0 Å². The number of benzene rings is 1. The van der Waals surface area contributed by atoms with Gasteiger partial charge in [0.05, 0.1) is 19.8 Å².